The topological polar surface area (TPSA) is 42.0 Å². The Morgan fingerprint density at radius 1 is 0.963 bits per heavy atom. The minimum atomic E-state index is -0.245. The molecule has 0 bridgehead atoms. The van der Waals surface area contributed by atoms with Gasteiger partial charge in [0.05, 0.1) is 17.0 Å². The Bertz CT molecular complexity index is 1060. The quantitative estimate of drug-likeness (QED) is 0.461. The van der Waals surface area contributed by atoms with Gasteiger partial charge in [0.2, 0.25) is 5.91 Å². The van der Waals surface area contributed by atoms with Crippen LogP contribution in [-0.2, 0) is 11.2 Å². The number of rotatable bonds is 5. The number of nitrogens with zero attached hydrogens (tertiary/aromatic N) is 1. The first-order valence-corrected chi connectivity index (χ1v) is 10.0. The molecule has 0 spiro atoms. The molecule has 2 heterocycles. The fraction of sp³-hybridized carbons (Fsp3) is 0.0476. The van der Waals surface area contributed by atoms with Crippen molar-refractivity contribution in [3.05, 3.63) is 83.5 Å². The average Bonchev–Trinajstić information content (AvgIpc) is 3.32. The van der Waals surface area contributed by atoms with E-state index in [1.807, 2.05) is 47.8 Å². The summed E-state index contributed by atoms with van der Waals surface area (Å²) in [5.74, 6) is -0.328. The number of carbonyl (C=O) groups excluding carboxylic acids is 1. The van der Waals surface area contributed by atoms with E-state index in [1.54, 1.807) is 23.5 Å². The fourth-order valence-electron chi connectivity index (χ4n) is 2.63. The van der Waals surface area contributed by atoms with Crippen LogP contribution in [0, 0.1) is 5.82 Å². The molecule has 0 saturated carbocycles. The maximum atomic E-state index is 13.1. The standard InChI is InChI=1S/C21H15FN2OS2/c22-16-8-6-15(7-9-16)18-10-11-19(27-18)17-13-26-21(23-17)24-20(25)12-14-4-2-1-3-5-14/h1-11,13H,12H2,(H,23,24,25). The Labute approximate surface area is 164 Å². The third-order valence-corrected chi connectivity index (χ3v) is 5.86. The molecule has 0 saturated heterocycles. The Hall–Kier alpha value is -2.83. The molecule has 0 radical (unpaired) electrons. The van der Waals surface area contributed by atoms with Crippen LogP contribution in [0.5, 0.6) is 0 Å². The van der Waals surface area contributed by atoms with Crippen LogP contribution in [0.15, 0.2) is 72.1 Å². The number of amides is 1. The van der Waals surface area contributed by atoms with Crippen molar-refractivity contribution in [1.82, 2.24) is 4.98 Å². The van der Waals surface area contributed by atoms with E-state index in [-0.39, 0.29) is 11.7 Å². The molecule has 0 aliphatic carbocycles. The van der Waals surface area contributed by atoms with E-state index in [2.05, 4.69) is 10.3 Å². The zero-order valence-electron chi connectivity index (χ0n) is 14.2. The first-order chi connectivity index (χ1) is 13.2. The molecule has 2 aromatic heterocycles. The molecule has 0 unspecified atom stereocenters. The van der Waals surface area contributed by atoms with Crippen molar-refractivity contribution in [2.24, 2.45) is 0 Å². The van der Waals surface area contributed by atoms with Crippen LogP contribution in [0.25, 0.3) is 21.0 Å². The van der Waals surface area contributed by atoms with Crippen LogP contribution in [0.1, 0.15) is 5.56 Å². The number of thiophene rings is 1. The van der Waals surface area contributed by atoms with E-state index < -0.39 is 0 Å². The van der Waals surface area contributed by atoms with Gasteiger partial charge in [0.1, 0.15) is 5.82 Å². The summed E-state index contributed by atoms with van der Waals surface area (Å²) in [5.41, 5.74) is 2.77. The number of hydrogen-bond acceptors (Lipinski definition) is 4. The first kappa shape index (κ1) is 17.6. The number of anilines is 1. The van der Waals surface area contributed by atoms with E-state index in [4.69, 9.17) is 0 Å². The lowest BCUT2D eigenvalue weighted by molar-refractivity contribution is -0.115. The Balaban J connectivity index is 1.45. The van der Waals surface area contributed by atoms with Crippen molar-refractivity contribution < 1.29 is 9.18 Å². The van der Waals surface area contributed by atoms with Gasteiger partial charge >= 0.3 is 0 Å². The summed E-state index contributed by atoms with van der Waals surface area (Å²) < 4.78 is 13.1. The van der Waals surface area contributed by atoms with Gasteiger partial charge in [-0.2, -0.15) is 0 Å². The summed E-state index contributed by atoms with van der Waals surface area (Å²) in [6.07, 6.45) is 0.323. The van der Waals surface area contributed by atoms with Gasteiger partial charge in [-0.25, -0.2) is 9.37 Å². The minimum Gasteiger partial charge on any atom is -0.302 e. The zero-order valence-corrected chi connectivity index (χ0v) is 15.8. The molecule has 1 N–H and O–H groups in total. The van der Waals surface area contributed by atoms with Gasteiger partial charge in [-0.05, 0) is 35.4 Å². The van der Waals surface area contributed by atoms with Gasteiger partial charge in [-0.15, -0.1) is 22.7 Å². The molecule has 3 nitrogen and oxygen atoms in total. The highest BCUT2D eigenvalue weighted by atomic mass is 32.1. The summed E-state index contributed by atoms with van der Waals surface area (Å²) in [6.45, 7) is 0. The Morgan fingerprint density at radius 3 is 2.48 bits per heavy atom. The minimum absolute atomic E-state index is 0.0831. The molecule has 0 aliphatic heterocycles. The number of nitrogens with one attached hydrogen (secondary N) is 1. The third-order valence-electron chi connectivity index (χ3n) is 3.95. The van der Waals surface area contributed by atoms with Crippen LogP contribution in [0.3, 0.4) is 0 Å². The largest absolute Gasteiger partial charge is 0.302 e. The monoisotopic (exact) mass is 394 g/mol. The molecule has 1 amide bonds. The lowest BCUT2D eigenvalue weighted by atomic mass is 10.1. The van der Waals surface area contributed by atoms with Gasteiger partial charge in [-0.1, -0.05) is 42.5 Å². The van der Waals surface area contributed by atoms with Gasteiger partial charge in [-0.3, -0.25) is 4.79 Å². The lowest BCUT2D eigenvalue weighted by Crippen LogP contribution is -2.14. The summed E-state index contributed by atoms with van der Waals surface area (Å²) in [5, 5.41) is 5.37. The predicted molar refractivity (Wildman–Crippen MR) is 110 cm³/mol. The third kappa shape index (κ3) is 4.30. The molecular formula is C21H15FN2OS2. The van der Waals surface area contributed by atoms with Crippen molar-refractivity contribution in [2.75, 3.05) is 5.32 Å². The van der Waals surface area contributed by atoms with E-state index >= 15 is 0 Å². The van der Waals surface area contributed by atoms with E-state index in [1.165, 1.54) is 23.5 Å². The number of benzene rings is 2. The molecule has 134 valence electrons. The number of carbonyl (C=O) groups is 1. The van der Waals surface area contributed by atoms with E-state index in [0.29, 0.717) is 11.6 Å². The second-order valence-electron chi connectivity index (χ2n) is 5.92. The highest BCUT2D eigenvalue weighted by molar-refractivity contribution is 7.19. The van der Waals surface area contributed by atoms with Crippen LogP contribution in [-0.4, -0.2) is 10.9 Å². The van der Waals surface area contributed by atoms with Crippen LogP contribution >= 0.6 is 22.7 Å². The van der Waals surface area contributed by atoms with Crippen molar-refractivity contribution in [3.63, 3.8) is 0 Å². The normalized spacial score (nSPS) is 10.7. The summed E-state index contributed by atoms with van der Waals surface area (Å²) in [7, 11) is 0. The fourth-order valence-corrected chi connectivity index (χ4v) is 4.41. The Kier molecular flexibility index (Phi) is 5.09. The number of aromatic nitrogens is 1. The van der Waals surface area contributed by atoms with Gasteiger partial charge < -0.3 is 5.32 Å². The highest BCUT2D eigenvalue weighted by Gasteiger charge is 2.11. The lowest BCUT2D eigenvalue weighted by Gasteiger charge is -2.01. The highest BCUT2D eigenvalue weighted by Crippen LogP contribution is 2.35. The second kappa shape index (κ2) is 7.82. The predicted octanol–water partition coefficient (Wildman–Crippen LogP) is 5.86. The maximum Gasteiger partial charge on any atom is 0.230 e. The zero-order chi connectivity index (χ0) is 18.6. The smallest absolute Gasteiger partial charge is 0.230 e. The summed E-state index contributed by atoms with van der Waals surface area (Å²) in [4.78, 5) is 18.7. The summed E-state index contributed by atoms with van der Waals surface area (Å²) >= 11 is 2.99. The molecule has 0 aliphatic rings. The summed E-state index contributed by atoms with van der Waals surface area (Å²) in [6, 6.07) is 20.0. The Morgan fingerprint density at radius 2 is 1.70 bits per heavy atom. The molecule has 0 atom stereocenters. The molecule has 27 heavy (non-hydrogen) atoms. The van der Waals surface area contributed by atoms with E-state index in [0.717, 1.165) is 26.6 Å². The number of thiazole rings is 1. The number of hydrogen-bond donors (Lipinski definition) is 1. The average molecular weight is 394 g/mol. The van der Waals surface area contributed by atoms with Gasteiger partial charge in [0, 0.05) is 10.3 Å². The van der Waals surface area contributed by atoms with Crippen LogP contribution in [0.2, 0.25) is 0 Å². The molecule has 2 aromatic carbocycles. The van der Waals surface area contributed by atoms with Crippen molar-refractivity contribution in [1.29, 1.82) is 0 Å². The van der Waals surface area contributed by atoms with Crippen molar-refractivity contribution >= 4 is 33.7 Å². The van der Waals surface area contributed by atoms with Gasteiger partial charge in [0.15, 0.2) is 5.13 Å². The van der Waals surface area contributed by atoms with Crippen LogP contribution < -0.4 is 5.32 Å². The molecule has 4 rings (SSSR count). The molecule has 0 fully saturated rings. The van der Waals surface area contributed by atoms with Crippen LogP contribution in [0.4, 0.5) is 9.52 Å². The molecule has 6 heteroatoms. The van der Waals surface area contributed by atoms with Crippen molar-refractivity contribution in [3.8, 4) is 21.0 Å². The molecule has 4 aromatic rings. The SMILES string of the molecule is O=C(Cc1ccccc1)Nc1nc(-c2ccc(-c3ccc(F)cc3)s2)cs1. The molecular weight excluding hydrogens is 379 g/mol. The first-order valence-electron chi connectivity index (χ1n) is 8.33. The number of halogens is 1. The second-order valence-corrected chi connectivity index (χ2v) is 7.86. The van der Waals surface area contributed by atoms with Gasteiger partial charge in [0.25, 0.3) is 0 Å². The van der Waals surface area contributed by atoms with Crippen molar-refractivity contribution in [2.45, 2.75) is 6.42 Å². The van der Waals surface area contributed by atoms with E-state index in [9.17, 15) is 9.18 Å². The maximum absolute atomic E-state index is 13.1.